The highest BCUT2D eigenvalue weighted by Gasteiger charge is 2.40. The maximum atomic E-state index is 2.59. The van der Waals surface area contributed by atoms with Gasteiger partial charge in [-0.1, -0.05) is 160 Å². The molecular weight excluding hydrogens is 821 g/mol. The molecule has 0 spiro atoms. The van der Waals surface area contributed by atoms with Gasteiger partial charge in [0, 0.05) is 39.5 Å². The van der Waals surface area contributed by atoms with E-state index in [2.05, 4.69) is 224 Å². The lowest BCUT2D eigenvalue weighted by molar-refractivity contribution is 0.420. The number of aryl methyl sites for hydroxylation is 4. The number of hydrogen-bond donors (Lipinski definition) is 0. The minimum Gasteiger partial charge on any atom is -0.310 e. The lowest BCUT2D eigenvalue weighted by Gasteiger charge is -2.32. The van der Waals surface area contributed by atoms with Gasteiger partial charge in [0.15, 0.2) is 0 Å². The third-order valence-corrected chi connectivity index (χ3v) is 16.5. The second kappa shape index (κ2) is 16.6. The molecule has 68 heavy (non-hydrogen) atoms. The van der Waals surface area contributed by atoms with E-state index in [0.717, 1.165) is 43.4 Å². The molecule has 332 valence electrons. The van der Waals surface area contributed by atoms with E-state index < -0.39 is 0 Å². The van der Waals surface area contributed by atoms with Crippen LogP contribution in [-0.2, 0) is 31.1 Å². The normalized spacial score (nSPS) is 18.5. The highest BCUT2D eigenvalue weighted by Crippen LogP contribution is 2.56. The number of benzene rings is 9. The van der Waals surface area contributed by atoms with Gasteiger partial charge < -0.3 is 9.80 Å². The van der Waals surface area contributed by atoms with Gasteiger partial charge in [0.25, 0.3) is 0 Å². The van der Waals surface area contributed by atoms with Gasteiger partial charge in [-0.2, -0.15) is 0 Å². The zero-order valence-corrected chi connectivity index (χ0v) is 39.3. The van der Waals surface area contributed by atoms with Crippen LogP contribution < -0.4 is 9.80 Å². The topological polar surface area (TPSA) is 6.48 Å². The molecule has 7 aliphatic rings. The highest BCUT2D eigenvalue weighted by molar-refractivity contribution is 5.97. The number of anilines is 6. The van der Waals surface area contributed by atoms with Crippen LogP contribution in [0.4, 0.5) is 34.1 Å². The lowest BCUT2D eigenvalue weighted by Crippen LogP contribution is -2.18. The molecule has 0 N–H and O–H groups in total. The Bertz CT molecular complexity index is 3350. The summed E-state index contributed by atoms with van der Waals surface area (Å²) in [6.45, 7) is 4.82. The molecule has 0 aromatic heterocycles. The van der Waals surface area contributed by atoms with Crippen molar-refractivity contribution in [2.75, 3.05) is 9.80 Å². The van der Waals surface area contributed by atoms with Crippen molar-refractivity contribution in [3.05, 3.63) is 239 Å². The molecule has 0 aliphatic heterocycles. The monoisotopic (exact) mass is 878 g/mol. The van der Waals surface area contributed by atoms with Crippen LogP contribution in [0.5, 0.6) is 0 Å². The Morgan fingerprint density at radius 3 is 1.74 bits per heavy atom. The summed E-state index contributed by atoms with van der Waals surface area (Å²) in [7, 11) is 0. The van der Waals surface area contributed by atoms with Gasteiger partial charge in [0.1, 0.15) is 0 Å². The minimum atomic E-state index is -0.170. The van der Waals surface area contributed by atoms with Crippen molar-refractivity contribution < 1.29 is 0 Å². The number of nitrogens with zero attached hydrogens (tertiary/aromatic N) is 2. The molecule has 16 rings (SSSR count). The highest BCUT2D eigenvalue weighted by atomic mass is 15.2. The summed E-state index contributed by atoms with van der Waals surface area (Å²) in [5, 5.41) is 2.50. The van der Waals surface area contributed by atoms with E-state index in [0.29, 0.717) is 0 Å². The van der Waals surface area contributed by atoms with Crippen LogP contribution in [0.25, 0.3) is 33.0 Å². The van der Waals surface area contributed by atoms with Gasteiger partial charge in [-0.25, -0.2) is 0 Å². The molecule has 3 atom stereocenters. The van der Waals surface area contributed by atoms with E-state index in [4.69, 9.17) is 0 Å². The van der Waals surface area contributed by atoms with Crippen LogP contribution in [-0.4, -0.2) is 0 Å². The molecule has 0 radical (unpaired) electrons. The molecule has 2 fully saturated rings. The van der Waals surface area contributed by atoms with E-state index in [9.17, 15) is 0 Å². The van der Waals surface area contributed by atoms with E-state index in [-0.39, 0.29) is 5.41 Å². The van der Waals surface area contributed by atoms with Gasteiger partial charge in [-0.15, -0.1) is 0 Å². The summed E-state index contributed by atoms with van der Waals surface area (Å²) in [5.41, 5.74) is 22.2. The Morgan fingerprint density at radius 1 is 0.426 bits per heavy atom. The van der Waals surface area contributed by atoms with E-state index in [1.165, 1.54) is 132 Å². The second-order valence-electron chi connectivity index (χ2n) is 20.8. The SMILES string of the molecule is CC1(C)c2ccccc2-c2c(-c3ccccc3)cc(N(c3ccc4ccccc4c3)c3cc4ccc3CCc3ccc(c(N(c5ccccc5)c5ccc(C6CC7CCC6C7)cc5)c3)CC4)cc21. The molecule has 0 saturated heterocycles. The fourth-order valence-corrected chi connectivity index (χ4v) is 13.0. The fraction of sp³-hybridized carbons (Fsp3) is 0.212. The van der Waals surface area contributed by atoms with Gasteiger partial charge in [-0.05, 0) is 195 Å². The van der Waals surface area contributed by atoms with E-state index in [1.807, 2.05) is 0 Å². The number of fused-ring (bicyclic) bond motifs is 6. The molecule has 9 aromatic rings. The standard InChI is InChI=1S/C66H58N2/c1-66(2)61-20-12-11-19-58(61)65-60(48-14-5-3-6-15-48)42-57(43-62(65)66)68(56-36-31-47-13-9-10-16-52(47)41-56)64-40-45-22-27-50-26-21-44(23-28-51(64)29-24-45)39-63(50)67(54-17-7-4-8-18-54)55-34-32-49(33-35-55)59-38-46-25-30-53(59)37-46/h3-21,24,26,29,31-36,39-43,46,53,59H,22-23,25,27-28,30,37-38H2,1-2H3. The van der Waals surface area contributed by atoms with Crippen LogP contribution in [0, 0.1) is 11.8 Å². The van der Waals surface area contributed by atoms with Crippen molar-refractivity contribution in [2.45, 2.75) is 76.5 Å². The van der Waals surface area contributed by atoms with E-state index in [1.54, 1.807) is 0 Å². The summed E-state index contributed by atoms with van der Waals surface area (Å²) in [5.74, 6) is 2.54. The quantitative estimate of drug-likeness (QED) is 0.150. The first-order valence-corrected chi connectivity index (χ1v) is 25.2. The van der Waals surface area contributed by atoms with Gasteiger partial charge >= 0.3 is 0 Å². The first-order chi connectivity index (χ1) is 33.4. The van der Waals surface area contributed by atoms with Crippen molar-refractivity contribution in [1.82, 2.24) is 0 Å². The smallest absolute Gasteiger partial charge is 0.0496 e. The third-order valence-electron chi connectivity index (χ3n) is 16.5. The number of rotatable bonds is 8. The zero-order valence-electron chi connectivity index (χ0n) is 39.3. The number of para-hydroxylation sites is 1. The lowest BCUT2D eigenvalue weighted by atomic mass is 9.81. The molecule has 0 amide bonds. The predicted molar refractivity (Wildman–Crippen MR) is 286 cm³/mol. The average molecular weight is 879 g/mol. The molecule has 7 aliphatic carbocycles. The van der Waals surface area contributed by atoms with Crippen LogP contribution in [0.3, 0.4) is 0 Å². The van der Waals surface area contributed by atoms with E-state index >= 15 is 0 Å². The zero-order chi connectivity index (χ0) is 45.3. The summed E-state index contributed by atoms with van der Waals surface area (Å²) >= 11 is 0. The maximum absolute atomic E-state index is 2.59. The number of hydrogen-bond acceptors (Lipinski definition) is 2. The maximum Gasteiger partial charge on any atom is 0.0496 e. The Hall–Kier alpha value is -7.16. The third kappa shape index (κ3) is 7.07. The van der Waals surface area contributed by atoms with Crippen LogP contribution >= 0.6 is 0 Å². The van der Waals surface area contributed by atoms with Crippen LogP contribution in [0.15, 0.2) is 200 Å². The molecule has 2 nitrogen and oxygen atoms in total. The molecular formula is C66H58N2. The molecule has 6 bridgehead atoms. The average Bonchev–Trinajstić information content (AvgIpc) is 4.09. The Balaban J connectivity index is 0.930. The molecule has 3 unspecified atom stereocenters. The Morgan fingerprint density at radius 2 is 1.04 bits per heavy atom. The van der Waals surface area contributed by atoms with Crippen molar-refractivity contribution >= 4 is 44.9 Å². The van der Waals surface area contributed by atoms with Gasteiger partial charge in [0.2, 0.25) is 0 Å². The molecule has 2 heteroatoms. The van der Waals surface area contributed by atoms with Crippen molar-refractivity contribution in [2.24, 2.45) is 11.8 Å². The van der Waals surface area contributed by atoms with Gasteiger partial charge in [-0.3, -0.25) is 0 Å². The minimum absolute atomic E-state index is 0.170. The first-order valence-electron chi connectivity index (χ1n) is 25.2. The van der Waals surface area contributed by atoms with Crippen molar-refractivity contribution in [3.63, 3.8) is 0 Å². The Labute approximate surface area is 402 Å². The molecule has 9 aromatic carbocycles. The summed E-state index contributed by atoms with van der Waals surface area (Å²) < 4.78 is 0. The largest absolute Gasteiger partial charge is 0.310 e. The van der Waals surface area contributed by atoms with Crippen molar-refractivity contribution in [1.29, 1.82) is 0 Å². The van der Waals surface area contributed by atoms with Crippen molar-refractivity contribution in [3.8, 4) is 22.3 Å². The summed E-state index contributed by atoms with van der Waals surface area (Å²) in [4.78, 5) is 5.12. The summed E-state index contributed by atoms with van der Waals surface area (Å²) in [6, 6.07) is 76.4. The molecule has 0 heterocycles. The van der Waals surface area contributed by atoms with Crippen LogP contribution in [0.1, 0.15) is 84.4 Å². The molecule has 2 saturated carbocycles. The predicted octanol–water partition coefficient (Wildman–Crippen LogP) is 17.5. The second-order valence-corrected chi connectivity index (χ2v) is 20.8. The Kier molecular flexibility index (Phi) is 10.0. The first kappa shape index (κ1) is 41.1. The summed E-state index contributed by atoms with van der Waals surface area (Å²) in [6.07, 6.45) is 9.35. The fourth-order valence-electron chi connectivity index (χ4n) is 13.0. The van der Waals surface area contributed by atoms with Crippen LogP contribution in [0.2, 0.25) is 0 Å². The van der Waals surface area contributed by atoms with Gasteiger partial charge in [0.05, 0.1) is 0 Å².